The number of carbonyl (C=O) groups excluding carboxylic acids is 1. The highest BCUT2D eigenvalue weighted by molar-refractivity contribution is 5.90. The van der Waals surface area contributed by atoms with E-state index in [0.717, 1.165) is 38.5 Å². The molecule has 1 aliphatic heterocycles. The summed E-state index contributed by atoms with van der Waals surface area (Å²) in [6, 6.07) is 0. The van der Waals surface area contributed by atoms with E-state index >= 15 is 0 Å². The predicted octanol–water partition coefficient (Wildman–Crippen LogP) is 4.09. The summed E-state index contributed by atoms with van der Waals surface area (Å²) < 4.78 is 10.2. The van der Waals surface area contributed by atoms with Crippen molar-refractivity contribution >= 4 is 11.9 Å². The van der Waals surface area contributed by atoms with E-state index in [4.69, 9.17) is 9.47 Å². The number of carboxylic acids is 1. The van der Waals surface area contributed by atoms with Crippen LogP contribution in [-0.2, 0) is 19.1 Å². The van der Waals surface area contributed by atoms with Crippen LogP contribution in [0.3, 0.4) is 0 Å². The first-order valence-electron chi connectivity index (χ1n) is 9.58. The zero-order chi connectivity index (χ0) is 19.1. The lowest BCUT2D eigenvalue weighted by molar-refractivity contribution is -0.164. The number of hydrogen-bond acceptors (Lipinski definition) is 4. The fourth-order valence-corrected chi connectivity index (χ4v) is 5.79. The van der Waals surface area contributed by atoms with E-state index in [1.165, 1.54) is 12.7 Å². The van der Waals surface area contributed by atoms with Crippen LogP contribution in [0.15, 0.2) is 23.8 Å². The predicted molar refractivity (Wildman–Crippen MR) is 97.3 cm³/mol. The van der Waals surface area contributed by atoms with Crippen molar-refractivity contribution in [3.63, 3.8) is 0 Å². The van der Waals surface area contributed by atoms with Crippen molar-refractivity contribution in [2.24, 2.45) is 22.7 Å². The molecule has 2 saturated carbocycles. The molecule has 5 heteroatoms. The summed E-state index contributed by atoms with van der Waals surface area (Å²) in [5.74, 6) is -0.604. The van der Waals surface area contributed by atoms with Gasteiger partial charge < -0.3 is 14.6 Å². The van der Waals surface area contributed by atoms with Gasteiger partial charge in [0.25, 0.3) is 0 Å². The average Bonchev–Trinajstić information content (AvgIpc) is 2.94. The van der Waals surface area contributed by atoms with Crippen LogP contribution in [-0.4, -0.2) is 30.4 Å². The summed E-state index contributed by atoms with van der Waals surface area (Å²) >= 11 is 0. The molecule has 0 amide bonds. The SMILES string of the molecule is C=C1CC[C@H]2[C@@](C)(C(=O)O)CCC[C@]2(C)C1CCC1=CC(OC)OC1=O. The Morgan fingerprint density at radius 2 is 2.15 bits per heavy atom. The summed E-state index contributed by atoms with van der Waals surface area (Å²) in [7, 11) is 1.51. The van der Waals surface area contributed by atoms with Crippen LogP contribution in [0.25, 0.3) is 0 Å². The fourth-order valence-electron chi connectivity index (χ4n) is 5.79. The van der Waals surface area contributed by atoms with E-state index in [9.17, 15) is 14.7 Å². The zero-order valence-corrected chi connectivity index (χ0v) is 16.0. The van der Waals surface area contributed by atoms with Crippen LogP contribution in [0.4, 0.5) is 0 Å². The molecular formula is C21H30O5. The van der Waals surface area contributed by atoms with Crippen molar-refractivity contribution in [2.75, 3.05) is 7.11 Å². The first-order chi connectivity index (χ1) is 12.2. The first-order valence-corrected chi connectivity index (χ1v) is 9.58. The molecule has 5 nitrogen and oxygen atoms in total. The Morgan fingerprint density at radius 1 is 1.42 bits per heavy atom. The molecule has 0 bridgehead atoms. The van der Waals surface area contributed by atoms with Gasteiger partial charge in [0, 0.05) is 12.7 Å². The Bertz CT molecular complexity index is 651. The largest absolute Gasteiger partial charge is 0.481 e. The highest BCUT2D eigenvalue weighted by Crippen LogP contribution is 2.62. The normalized spacial score (nSPS) is 40.0. The summed E-state index contributed by atoms with van der Waals surface area (Å²) in [6.45, 7) is 8.47. The maximum Gasteiger partial charge on any atom is 0.336 e. The lowest BCUT2D eigenvalue weighted by Crippen LogP contribution is -2.53. The number of allylic oxidation sites excluding steroid dienone is 1. The van der Waals surface area contributed by atoms with E-state index in [2.05, 4.69) is 13.5 Å². The average molecular weight is 362 g/mol. The molecule has 0 radical (unpaired) electrons. The topological polar surface area (TPSA) is 72.8 Å². The van der Waals surface area contributed by atoms with E-state index in [0.29, 0.717) is 12.0 Å². The van der Waals surface area contributed by atoms with Gasteiger partial charge in [-0.3, -0.25) is 4.79 Å². The molecule has 1 heterocycles. The van der Waals surface area contributed by atoms with Gasteiger partial charge in [0.15, 0.2) is 0 Å². The number of cyclic esters (lactones) is 1. The van der Waals surface area contributed by atoms with Crippen LogP contribution in [0.2, 0.25) is 0 Å². The number of ether oxygens (including phenoxy) is 2. The molecule has 2 fully saturated rings. The van der Waals surface area contributed by atoms with Crippen LogP contribution >= 0.6 is 0 Å². The van der Waals surface area contributed by atoms with Crippen molar-refractivity contribution in [1.82, 2.24) is 0 Å². The Balaban J connectivity index is 1.81. The number of hydrogen-bond donors (Lipinski definition) is 1. The van der Waals surface area contributed by atoms with Crippen molar-refractivity contribution in [1.29, 1.82) is 0 Å². The molecule has 2 unspecified atom stereocenters. The number of rotatable bonds is 5. The molecule has 1 N–H and O–H groups in total. The lowest BCUT2D eigenvalue weighted by atomic mass is 9.46. The van der Waals surface area contributed by atoms with Crippen molar-refractivity contribution in [3.05, 3.63) is 23.8 Å². The third kappa shape index (κ3) is 3.00. The third-order valence-electron chi connectivity index (χ3n) is 7.27. The van der Waals surface area contributed by atoms with Gasteiger partial charge in [-0.2, -0.15) is 0 Å². The Labute approximate surface area is 155 Å². The van der Waals surface area contributed by atoms with Gasteiger partial charge in [-0.05, 0) is 68.8 Å². The van der Waals surface area contributed by atoms with E-state index in [-0.39, 0.29) is 23.2 Å². The van der Waals surface area contributed by atoms with Gasteiger partial charge in [0.05, 0.1) is 5.41 Å². The van der Waals surface area contributed by atoms with Crippen molar-refractivity contribution in [3.8, 4) is 0 Å². The molecule has 26 heavy (non-hydrogen) atoms. The highest BCUT2D eigenvalue weighted by atomic mass is 16.7. The van der Waals surface area contributed by atoms with Crippen LogP contribution in [0.1, 0.15) is 58.8 Å². The molecule has 0 aromatic carbocycles. The molecule has 0 spiro atoms. The fraction of sp³-hybridized carbons (Fsp3) is 0.714. The molecule has 2 aliphatic carbocycles. The van der Waals surface area contributed by atoms with Gasteiger partial charge in [-0.1, -0.05) is 25.5 Å². The highest BCUT2D eigenvalue weighted by Gasteiger charge is 2.57. The van der Waals surface area contributed by atoms with Gasteiger partial charge in [-0.25, -0.2) is 4.79 Å². The number of aliphatic carboxylic acids is 1. The molecule has 3 rings (SSSR count). The second kappa shape index (κ2) is 6.84. The number of methoxy groups -OCH3 is 1. The molecular weight excluding hydrogens is 332 g/mol. The summed E-state index contributed by atoms with van der Waals surface area (Å²) in [5.41, 5.74) is 1.11. The first kappa shape index (κ1) is 19.2. The quantitative estimate of drug-likeness (QED) is 0.589. The number of carbonyl (C=O) groups is 2. The lowest BCUT2D eigenvalue weighted by Gasteiger charge is -2.57. The second-order valence-corrected chi connectivity index (χ2v) is 8.62. The van der Waals surface area contributed by atoms with Crippen LogP contribution < -0.4 is 0 Å². The molecule has 0 aromatic heterocycles. The molecule has 5 atom stereocenters. The minimum atomic E-state index is -0.676. The maximum absolute atomic E-state index is 12.0. The van der Waals surface area contributed by atoms with Crippen molar-refractivity contribution in [2.45, 2.75) is 65.1 Å². The van der Waals surface area contributed by atoms with Gasteiger partial charge in [-0.15, -0.1) is 0 Å². The zero-order valence-electron chi connectivity index (χ0n) is 16.0. The third-order valence-corrected chi connectivity index (χ3v) is 7.27. The summed E-state index contributed by atoms with van der Waals surface area (Å²) in [5, 5.41) is 9.89. The summed E-state index contributed by atoms with van der Waals surface area (Å²) in [6.07, 6.45) is 7.05. The van der Waals surface area contributed by atoms with E-state index in [1.54, 1.807) is 6.08 Å². The number of carboxylic acid groups (broad SMARTS) is 1. The van der Waals surface area contributed by atoms with Crippen LogP contribution in [0, 0.1) is 22.7 Å². The summed E-state index contributed by atoms with van der Waals surface area (Å²) in [4.78, 5) is 24.0. The standard InChI is InChI=1S/C21H30O5/c1-13-6-9-16-20(2,10-5-11-21(16,3)19(23)24)15(13)8-7-14-12-17(25-4)26-18(14)22/h12,15-17H,1,5-11H2,2-4H3,(H,23,24)/t15?,16-,17?,20-,21+/m1/s1. The Kier molecular flexibility index (Phi) is 5.04. The van der Waals surface area contributed by atoms with Gasteiger partial charge in [0.2, 0.25) is 6.29 Å². The second-order valence-electron chi connectivity index (χ2n) is 8.62. The molecule has 0 aromatic rings. The molecule has 3 aliphatic rings. The minimum absolute atomic E-state index is 0.0789. The minimum Gasteiger partial charge on any atom is -0.481 e. The van der Waals surface area contributed by atoms with Gasteiger partial charge in [0.1, 0.15) is 0 Å². The number of esters is 1. The number of fused-ring (bicyclic) bond motifs is 1. The van der Waals surface area contributed by atoms with Crippen molar-refractivity contribution < 1.29 is 24.2 Å². The van der Waals surface area contributed by atoms with E-state index < -0.39 is 17.7 Å². The van der Waals surface area contributed by atoms with Gasteiger partial charge >= 0.3 is 11.9 Å². The Morgan fingerprint density at radius 3 is 2.77 bits per heavy atom. The smallest absolute Gasteiger partial charge is 0.336 e. The van der Waals surface area contributed by atoms with E-state index in [1.807, 2.05) is 6.92 Å². The molecule has 144 valence electrons. The van der Waals surface area contributed by atoms with Crippen LogP contribution in [0.5, 0.6) is 0 Å². The Hall–Kier alpha value is -1.62. The monoisotopic (exact) mass is 362 g/mol. The molecule has 0 saturated heterocycles. The maximum atomic E-state index is 12.0.